The maximum absolute atomic E-state index is 14.3. The first-order chi connectivity index (χ1) is 20.1. The summed E-state index contributed by atoms with van der Waals surface area (Å²) in [5.74, 6) is 0.780. The van der Waals surface area contributed by atoms with Crippen LogP contribution in [0.1, 0.15) is 53.5 Å². The molecule has 8 nitrogen and oxygen atoms in total. The number of carbonyl (C=O) groups is 1. The maximum atomic E-state index is 14.3. The van der Waals surface area contributed by atoms with Gasteiger partial charge in [-0.25, -0.2) is 4.98 Å². The molecule has 0 spiro atoms. The van der Waals surface area contributed by atoms with Crippen LogP contribution in [0, 0.1) is 0 Å². The van der Waals surface area contributed by atoms with E-state index >= 15 is 0 Å². The molecule has 2 fully saturated rings. The van der Waals surface area contributed by atoms with Gasteiger partial charge in [0.15, 0.2) is 5.69 Å². The van der Waals surface area contributed by atoms with E-state index in [1.807, 2.05) is 65.6 Å². The van der Waals surface area contributed by atoms with Gasteiger partial charge in [-0.15, -0.1) is 12.4 Å². The molecule has 1 aliphatic carbocycles. The van der Waals surface area contributed by atoms with Gasteiger partial charge < -0.3 is 29.6 Å². The third-order valence-corrected chi connectivity index (χ3v) is 8.57. The third-order valence-electron chi connectivity index (χ3n) is 8.57. The van der Waals surface area contributed by atoms with Crippen molar-refractivity contribution in [2.45, 2.75) is 56.3 Å². The molecule has 3 atom stereocenters. The Labute approximate surface area is 253 Å². The van der Waals surface area contributed by atoms with Crippen molar-refractivity contribution in [3.63, 3.8) is 0 Å². The molecule has 9 heteroatoms. The lowest BCUT2D eigenvalue weighted by Gasteiger charge is -2.41. The molecule has 3 N–H and O–H groups in total. The van der Waals surface area contributed by atoms with Crippen LogP contribution in [-0.4, -0.2) is 63.3 Å². The number of furan rings is 1. The number of hydrogen-bond acceptors (Lipinski definition) is 6. The van der Waals surface area contributed by atoms with E-state index in [-0.39, 0.29) is 30.4 Å². The first kappa shape index (κ1) is 30.0. The highest BCUT2D eigenvalue weighted by atomic mass is 35.5. The molecule has 2 aliphatic rings. The average Bonchev–Trinajstić information content (AvgIpc) is 3.69. The quantitative estimate of drug-likeness (QED) is 0.258. The molecule has 0 radical (unpaired) electrons. The number of rotatable bonds is 9. The summed E-state index contributed by atoms with van der Waals surface area (Å²) in [6.07, 6.45) is 7.68. The Kier molecular flexibility index (Phi) is 9.80. The van der Waals surface area contributed by atoms with E-state index in [1.165, 1.54) is 5.56 Å². The summed E-state index contributed by atoms with van der Waals surface area (Å²) in [4.78, 5) is 21.1. The van der Waals surface area contributed by atoms with Gasteiger partial charge in [-0.05, 0) is 37.0 Å². The molecule has 1 saturated heterocycles. The fourth-order valence-electron chi connectivity index (χ4n) is 6.49. The number of aromatic nitrogens is 2. The fourth-order valence-corrected chi connectivity index (χ4v) is 6.49. The highest BCUT2D eigenvalue weighted by molar-refractivity contribution is 5.98. The number of hydrogen-bond donors (Lipinski definition) is 3. The molecule has 2 unspecified atom stereocenters. The van der Waals surface area contributed by atoms with Crippen LogP contribution in [0.2, 0.25) is 0 Å². The van der Waals surface area contributed by atoms with E-state index in [0.29, 0.717) is 31.7 Å². The molecule has 2 aromatic heterocycles. The van der Waals surface area contributed by atoms with Gasteiger partial charge in [0.1, 0.15) is 5.76 Å². The predicted molar refractivity (Wildman–Crippen MR) is 166 cm³/mol. The minimum absolute atomic E-state index is 0. The highest BCUT2D eigenvalue weighted by Crippen LogP contribution is 2.41. The molecule has 1 amide bonds. The van der Waals surface area contributed by atoms with Crippen molar-refractivity contribution in [2.24, 2.45) is 0 Å². The smallest absolute Gasteiger partial charge is 0.275 e. The van der Waals surface area contributed by atoms with Crippen molar-refractivity contribution in [1.82, 2.24) is 25.1 Å². The van der Waals surface area contributed by atoms with Crippen molar-refractivity contribution >= 4 is 18.3 Å². The molecule has 6 rings (SSSR count). The lowest BCUT2D eigenvalue weighted by atomic mass is 9.79. The first-order valence-electron chi connectivity index (χ1n) is 14.8. The minimum atomic E-state index is -0.986. The van der Waals surface area contributed by atoms with Gasteiger partial charge in [-0.3, -0.25) is 4.79 Å². The van der Waals surface area contributed by atoms with Crippen LogP contribution in [-0.2, 0) is 13.0 Å². The van der Waals surface area contributed by atoms with Crippen LogP contribution in [0.15, 0.2) is 89.8 Å². The Bertz CT molecular complexity index is 1410. The number of carbonyl (C=O) groups excluding carboxylic acids is 1. The molecule has 4 aromatic rings. The lowest BCUT2D eigenvalue weighted by molar-refractivity contribution is -0.0399. The summed E-state index contributed by atoms with van der Waals surface area (Å²) in [5.41, 5.74) is 2.39. The third kappa shape index (κ3) is 6.47. The summed E-state index contributed by atoms with van der Waals surface area (Å²) in [7, 11) is 0. The lowest BCUT2D eigenvalue weighted by Crippen LogP contribution is -2.54. The van der Waals surface area contributed by atoms with Gasteiger partial charge in [-0.2, -0.15) is 0 Å². The van der Waals surface area contributed by atoms with Crippen LogP contribution >= 0.6 is 12.4 Å². The number of amides is 1. The highest BCUT2D eigenvalue weighted by Gasteiger charge is 2.42. The SMILES string of the molecule is Cl.O=C(c1ncn(C2CCCCC2(O)CNCc2ccco2)c1-c1ccccc1)N1CCNC[C@H]1Cc1ccccc1. The molecule has 0 bridgehead atoms. The van der Waals surface area contributed by atoms with Gasteiger partial charge in [-0.1, -0.05) is 73.5 Å². The Morgan fingerprint density at radius 3 is 2.62 bits per heavy atom. The van der Waals surface area contributed by atoms with E-state index < -0.39 is 5.60 Å². The summed E-state index contributed by atoms with van der Waals surface area (Å²) in [6, 6.07) is 24.0. The van der Waals surface area contributed by atoms with Crippen molar-refractivity contribution < 1.29 is 14.3 Å². The summed E-state index contributed by atoms with van der Waals surface area (Å²) >= 11 is 0. The second-order valence-electron chi connectivity index (χ2n) is 11.3. The summed E-state index contributed by atoms with van der Waals surface area (Å²) in [5, 5.41) is 18.9. The topological polar surface area (TPSA) is 95.6 Å². The number of aliphatic hydroxyl groups is 1. The van der Waals surface area contributed by atoms with E-state index in [0.717, 1.165) is 55.8 Å². The zero-order valence-corrected chi connectivity index (χ0v) is 24.6. The Morgan fingerprint density at radius 1 is 1.07 bits per heavy atom. The average molecular weight is 590 g/mol. The van der Waals surface area contributed by atoms with E-state index in [2.05, 4.69) is 27.3 Å². The number of halogens is 1. The van der Waals surface area contributed by atoms with Crippen molar-refractivity contribution in [3.8, 4) is 11.3 Å². The van der Waals surface area contributed by atoms with Gasteiger partial charge in [0, 0.05) is 37.8 Å². The van der Waals surface area contributed by atoms with E-state index in [1.54, 1.807) is 12.6 Å². The van der Waals surface area contributed by atoms with E-state index in [4.69, 9.17) is 9.40 Å². The summed E-state index contributed by atoms with van der Waals surface area (Å²) < 4.78 is 7.55. The number of piperazine rings is 1. The fraction of sp³-hybridized carbons (Fsp3) is 0.394. The van der Waals surface area contributed by atoms with Crippen LogP contribution in [0.25, 0.3) is 11.3 Å². The summed E-state index contributed by atoms with van der Waals surface area (Å²) in [6.45, 7) is 3.09. The van der Waals surface area contributed by atoms with Crippen molar-refractivity contribution in [3.05, 3.63) is 102 Å². The molecular weight excluding hydrogens is 550 g/mol. The van der Waals surface area contributed by atoms with Crippen LogP contribution in [0.3, 0.4) is 0 Å². The van der Waals surface area contributed by atoms with E-state index in [9.17, 15) is 9.90 Å². The van der Waals surface area contributed by atoms with Gasteiger partial charge in [0.05, 0.1) is 36.5 Å². The zero-order valence-electron chi connectivity index (χ0n) is 23.8. The second-order valence-corrected chi connectivity index (χ2v) is 11.3. The first-order valence-corrected chi connectivity index (χ1v) is 14.8. The Balaban J connectivity index is 0.00000353. The Morgan fingerprint density at radius 2 is 1.86 bits per heavy atom. The van der Waals surface area contributed by atoms with Crippen LogP contribution < -0.4 is 10.6 Å². The van der Waals surface area contributed by atoms with Crippen LogP contribution in [0.4, 0.5) is 0 Å². The van der Waals surface area contributed by atoms with Gasteiger partial charge in [0.25, 0.3) is 5.91 Å². The predicted octanol–water partition coefficient (Wildman–Crippen LogP) is 4.86. The standard InChI is InChI=1S/C33H39N5O3.ClH/c39-32(37-18-17-34-21-27(37)20-25-10-3-1-4-11-25)30-31(26-12-5-2-6-13-26)38(24-36-30)29-15-7-8-16-33(29,40)23-35-22-28-14-9-19-41-28;/h1-6,9-14,19,24,27,29,34-35,40H,7-8,15-18,20-23H2;1H/t27-,29?,33?;/m1./s1. The molecule has 3 heterocycles. The van der Waals surface area contributed by atoms with Crippen molar-refractivity contribution in [1.29, 1.82) is 0 Å². The van der Waals surface area contributed by atoms with Crippen LogP contribution in [0.5, 0.6) is 0 Å². The minimum Gasteiger partial charge on any atom is -0.468 e. The normalized spacial score (nSPS) is 22.5. The number of nitrogens with one attached hydrogen (secondary N) is 2. The zero-order chi connectivity index (χ0) is 28.1. The Hall–Kier alpha value is -3.43. The molecule has 2 aromatic carbocycles. The molecule has 1 aliphatic heterocycles. The number of nitrogens with zero attached hydrogens (tertiary/aromatic N) is 3. The monoisotopic (exact) mass is 589 g/mol. The molecule has 1 saturated carbocycles. The largest absolute Gasteiger partial charge is 0.468 e. The molecular formula is C33H40ClN5O3. The van der Waals surface area contributed by atoms with Crippen molar-refractivity contribution in [2.75, 3.05) is 26.2 Å². The number of imidazole rings is 1. The maximum Gasteiger partial charge on any atom is 0.275 e. The second kappa shape index (κ2) is 13.7. The van der Waals surface area contributed by atoms with Gasteiger partial charge in [0.2, 0.25) is 0 Å². The number of benzene rings is 2. The van der Waals surface area contributed by atoms with Gasteiger partial charge >= 0.3 is 0 Å². The molecule has 222 valence electrons. The molecule has 42 heavy (non-hydrogen) atoms.